The van der Waals surface area contributed by atoms with E-state index in [4.69, 9.17) is 0 Å². The quantitative estimate of drug-likeness (QED) is 0.906. The summed E-state index contributed by atoms with van der Waals surface area (Å²) in [6.07, 6.45) is 4.65. The van der Waals surface area contributed by atoms with Gasteiger partial charge in [0.25, 0.3) is 0 Å². The van der Waals surface area contributed by atoms with E-state index in [1.165, 1.54) is 24.0 Å². The Hall–Kier alpha value is -1.51. The van der Waals surface area contributed by atoms with Crippen LogP contribution in [0.25, 0.3) is 0 Å². The molecule has 0 bridgehead atoms. The lowest BCUT2D eigenvalue weighted by Gasteiger charge is -2.31. The van der Waals surface area contributed by atoms with Crippen molar-refractivity contribution in [2.75, 3.05) is 19.6 Å². The highest BCUT2D eigenvalue weighted by Gasteiger charge is 2.44. The number of nitrogens with one attached hydrogen (secondary N) is 1. The molecular formula is C18H26N2O. The Morgan fingerprint density at radius 3 is 2.43 bits per heavy atom. The van der Waals surface area contributed by atoms with E-state index >= 15 is 0 Å². The van der Waals surface area contributed by atoms with E-state index in [0.29, 0.717) is 0 Å². The first-order valence-electron chi connectivity index (χ1n) is 8.19. The second kappa shape index (κ2) is 5.70. The number of hydrogen-bond acceptors (Lipinski definition) is 1. The molecule has 1 N–H and O–H groups in total. The molecule has 0 radical (unpaired) electrons. The van der Waals surface area contributed by atoms with Crippen LogP contribution < -0.4 is 5.32 Å². The minimum atomic E-state index is 0.125. The van der Waals surface area contributed by atoms with Crippen molar-refractivity contribution in [3.05, 3.63) is 35.4 Å². The zero-order valence-electron chi connectivity index (χ0n) is 13.2. The van der Waals surface area contributed by atoms with Gasteiger partial charge in [0.1, 0.15) is 0 Å². The van der Waals surface area contributed by atoms with E-state index in [0.717, 1.165) is 38.4 Å². The fourth-order valence-electron chi connectivity index (χ4n) is 3.19. The summed E-state index contributed by atoms with van der Waals surface area (Å²) < 4.78 is 0. The number of piperidine rings is 1. The average Bonchev–Trinajstić information content (AvgIpc) is 3.27. The number of urea groups is 1. The molecule has 0 aromatic heterocycles. The van der Waals surface area contributed by atoms with Gasteiger partial charge >= 0.3 is 6.03 Å². The highest BCUT2D eigenvalue weighted by molar-refractivity contribution is 5.74. The second-order valence-corrected chi connectivity index (χ2v) is 6.97. The number of aryl methyl sites for hydroxylation is 1. The first kappa shape index (κ1) is 14.4. The fourth-order valence-corrected chi connectivity index (χ4v) is 3.19. The Labute approximate surface area is 127 Å². The minimum absolute atomic E-state index is 0.125. The molecule has 21 heavy (non-hydrogen) atoms. The summed E-state index contributed by atoms with van der Waals surface area (Å²) in [7, 11) is 0. The van der Waals surface area contributed by atoms with E-state index in [1.807, 2.05) is 4.90 Å². The van der Waals surface area contributed by atoms with Gasteiger partial charge in [-0.1, -0.05) is 36.8 Å². The molecule has 2 amide bonds. The fraction of sp³-hybridized carbons (Fsp3) is 0.611. The van der Waals surface area contributed by atoms with Crippen molar-refractivity contribution in [2.24, 2.45) is 5.92 Å². The van der Waals surface area contributed by atoms with Crippen molar-refractivity contribution in [3.8, 4) is 0 Å². The maximum absolute atomic E-state index is 12.3. The number of hydrogen-bond donors (Lipinski definition) is 1. The number of nitrogens with zero attached hydrogens (tertiary/aromatic N) is 1. The van der Waals surface area contributed by atoms with Crippen molar-refractivity contribution in [3.63, 3.8) is 0 Å². The molecule has 1 aromatic rings. The van der Waals surface area contributed by atoms with Crippen molar-refractivity contribution >= 4 is 6.03 Å². The van der Waals surface area contributed by atoms with Crippen molar-refractivity contribution in [1.82, 2.24) is 10.2 Å². The first-order valence-corrected chi connectivity index (χ1v) is 8.19. The molecule has 1 aliphatic carbocycles. The van der Waals surface area contributed by atoms with E-state index < -0.39 is 0 Å². The maximum Gasteiger partial charge on any atom is 0.317 e. The Morgan fingerprint density at radius 1 is 1.24 bits per heavy atom. The van der Waals surface area contributed by atoms with Crippen LogP contribution in [0.2, 0.25) is 0 Å². The van der Waals surface area contributed by atoms with Crippen molar-refractivity contribution in [1.29, 1.82) is 0 Å². The SMILES string of the molecule is Cc1ccc(C2(CNC(=O)N3CCC(C)CC3)CC2)cc1. The van der Waals surface area contributed by atoms with Gasteiger partial charge in [0.05, 0.1) is 0 Å². The van der Waals surface area contributed by atoms with Crippen molar-refractivity contribution < 1.29 is 4.79 Å². The molecule has 0 unspecified atom stereocenters. The third-order valence-corrected chi connectivity index (χ3v) is 5.17. The van der Waals surface area contributed by atoms with Crippen LogP contribution in [0.1, 0.15) is 43.7 Å². The zero-order valence-corrected chi connectivity index (χ0v) is 13.2. The van der Waals surface area contributed by atoms with Gasteiger partial charge < -0.3 is 10.2 Å². The molecular weight excluding hydrogens is 260 g/mol. The standard InChI is InChI=1S/C18H26N2O/c1-14-3-5-16(6-4-14)18(9-10-18)13-19-17(21)20-11-7-15(2)8-12-20/h3-6,15H,7-13H2,1-2H3,(H,19,21). The summed E-state index contributed by atoms with van der Waals surface area (Å²) in [6.45, 7) is 6.98. The molecule has 3 rings (SSSR count). The molecule has 114 valence electrons. The van der Waals surface area contributed by atoms with E-state index in [9.17, 15) is 4.79 Å². The number of benzene rings is 1. The van der Waals surface area contributed by atoms with Crippen LogP contribution in [0.5, 0.6) is 0 Å². The Bertz CT molecular complexity index is 496. The summed E-state index contributed by atoms with van der Waals surface area (Å²) in [5.41, 5.74) is 2.87. The molecule has 2 aliphatic rings. The second-order valence-electron chi connectivity index (χ2n) is 6.97. The molecule has 1 heterocycles. The topological polar surface area (TPSA) is 32.3 Å². The van der Waals surface area contributed by atoms with Gasteiger partial charge in [-0.2, -0.15) is 0 Å². The molecule has 1 saturated carbocycles. The Balaban J connectivity index is 1.55. The molecule has 1 saturated heterocycles. The van der Waals surface area contributed by atoms with Crippen LogP contribution in [0.15, 0.2) is 24.3 Å². The smallest absolute Gasteiger partial charge is 0.317 e. The van der Waals surface area contributed by atoms with Crippen LogP contribution in [0.4, 0.5) is 4.79 Å². The van der Waals surface area contributed by atoms with E-state index in [2.05, 4.69) is 43.4 Å². The summed E-state index contributed by atoms with van der Waals surface area (Å²) in [6, 6.07) is 8.90. The maximum atomic E-state index is 12.3. The molecule has 3 heteroatoms. The summed E-state index contributed by atoms with van der Waals surface area (Å²) in [4.78, 5) is 14.3. The van der Waals surface area contributed by atoms with Crippen LogP contribution >= 0.6 is 0 Å². The molecule has 2 fully saturated rings. The highest BCUT2D eigenvalue weighted by Crippen LogP contribution is 2.47. The largest absolute Gasteiger partial charge is 0.337 e. The lowest BCUT2D eigenvalue weighted by Crippen LogP contribution is -2.46. The number of carbonyl (C=O) groups is 1. The Kier molecular flexibility index (Phi) is 3.92. The monoisotopic (exact) mass is 286 g/mol. The third-order valence-electron chi connectivity index (χ3n) is 5.17. The van der Waals surface area contributed by atoms with Crippen LogP contribution in [0.3, 0.4) is 0 Å². The summed E-state index contributed by atoms with van der Waals surface area (Å²) in [5, 5.41) is 3.17. The molecule has 0 spiro atoms. The molecule has 1 aromatic carbocycles. The van der Waals surface area contributed by atoms with Gasteiger partial charge in [-0.3, -0.25) is 0 Å². The minimum Gasteiger partial charge on any atom is -0.337 e. The van der Waals surface area contributed by atoms with Gasteiger partial charge in [-0.05, 0) is 44.1 Å². The zero-order chi connectivity index (χ0) is 14.9. The molecule has 0 atom stereocenters. The van der Waals surface area contributed by atoms with Crippen molar-refractivity contribution in [2.45, 2.75) is 44.9 Å². The Morgan fingerprint density at radius 2 is 1.86 bits per heavy atom. The number of likely N-dealkylation sites (tertiary alicyclic amines) is 1. The van der Waals surface area contributed by atoms with Crippen LogP contribution in [0, 0.1) is 12.8 Å². The normalized spacial score (nSPS) is 21.1. The first-order chi connectivity index (χ1) is 10.1. The number of rotatable bonds is 3. The van der Waals surface area contributed by atoms with Crippen LogP contribution in [-0.4, -0.2) is 30.6 Å². The average molecular weight is 286 g/mol. The van der Waals surface area contributed by atoms with Gasteiger partial charge in [0.2, 0.25) is 0 Å². The van der Waals surface area contributed by atoms with Gasteiger partial charge in [-0.25, -0.2) is 4.79 Å². The predicted octanol–water partition coefficient (Wildman–Crippen LogP) is 3.47. The molecule has 1 aliphatic heterocycles. The highest BCUT2D eigenvalue weighted by atomic mass is 16.2. The number of carbonyl (C=O) groups excluding carboxylic acids is 1. The summed E-state index contributed by atoms with van der Waals surface area (Å²) in [5.74, 6) is 0.761. The number of amides is 2. The lowest BCUT2D eigenvalue weighted by atomic mass is 9.95. The van der Waals surface area contributed by atoms with Crippen LogP contribution in [-0.2, 0) is 5.41 Å². The molecule has 3 nitrogen and oxygen atoms in total. The van der Waals surface area contributed by atoms with E-state index in [-0.39, 0.29) is 11.4 Å². The van der Waals surface area contributed by atoms with Gasteiger partial charge in [0.15, 0.2) is 0 Å². The lowest BCUT2D eigenvalue weighted by molar-refractivity contribution is 0.173. The third kappa shape index (κ3) is 3.22. The summed E-state index contributed by atoms with van der Waals surface area (Å²) >= 11 is 0. The van der Waals surface area contributed by atoms with E-state index in [1.54, 1.807) is 0 Å². The van der Waals surface area contributed by atoms with Gasteiger partial charge in [0, 0.05) is 25.0 Å². The van der Waals surface area contributed by atoms with Gasteiger partial charge in [-0.15, -0.1) is 0 Å². The predicted molar refractivity (Wildman–Crippen MR) is 85.5 cm³/mol.